The monoisotopic (exact) mass is 406 g/mol. The molecule has 1 atom stereocenters. The summed E-state index contributed by atoms with van der Waals surface area (Å²) in [5, 5.41) is 12.5. The molecular formula is C14H15IO4S. The van der Waals surface area contributed by atoms with Gasteiger partial charge in [-0.25, -0.2) is 0 Å². The first-order valence-electron chi connectivity index (χ1n) is 5.82. The summed E-state index contributed by atoms with van der Waals surface area (Å²) in [4.78, 5) is 0. The second-order valence-electron chi connectivity index (χ2n) is 4.03. The summed E-state index contributed by atoms with van der Waals surface area (Å²) in [5.41, 5.74) is 1.42. The van der Waals surface area contributed by atoms with Gasteiger partial charge >= 0.3 is 0 Å². The number of aliphatic hydroxyl groups excluding tert-OH is 1. The fourth-order valence-corrected chi connectivity index (χ4v) is 3.33. The van der Waals surface area contributed by atoms with Gasteiger partial charge in [0.1, 0.15) is 23.4 Å². The molecule has 0 bridgehead atoms. The lowest BCUT2D eigenvalue weighted by Crippen LogP contribution is -2.05. The third-order valence-electron chi connectivity index (χ3n) is 2.93. The van der Waals surface area contributed by atoms with Crippen LogP contribution in [0.1, 0.15) is 17.2 Å². The van der Waals surface area contributed by atoms with Crippen LogP contribution in [0.25, 0.3) is 0 Å². The second kappa shape index (κ2) is 6.64. The largest absolute Gasteiger partial charge is 0.496 e. The molecule has 0 amide bonds. The molecule has 0 saturated carbocycles. The Morgan fingerprint density at radius 3 is 2.05 bits per heavy atom. The van der Waals surface area contributed by atoms with Crippen molar-refractivity contribution in [2.45, 2.75) is 6.10 Å². The molecule has 2 rings (SSSR count). The van der Waals surface area contributed by atoms with Crippen molar-refractivity contribution in [3.05, 3.63) is 37.6 Å². The highest BCUT2D eigenvalue weighted by molar-refractivity contribution is 14.1. The fourth-order valence-electron chi connectivity index (χ4n) is 1.94. The highest BCUT2D eigenvalue weighted by Gasteiger charge is 2.23. The number of aliphatic hydroxyl groups is 1. The van der Waals surface area contributed by atoms with Gasteiger partial charge in [-0.1, -0.05) is 0 Å². The van der Waals surface area contributed by atoms with Crippen molar-refractivity contribution in [3.8, 4) is 17.2 Å². The van der Waals surface area contributed by atoms with Crippen molar-refractivity contribution < 1.29 is 19.3 Å². The molecule has 0 fully saturated rings. The van der Waals surface area contributed by atoms with Gasteiger partial charge in [0.2, 0.25) is 0 Å². The van der Waals surface area contributed by atoms with E-state index < -0.39 is 6.10 Å². The Morgan fingerprint density at radius 2 is 1.65 bits per heavy atom. The molecule has 0 spiro atoms. The standard InChI is InChI=1S/C14H15IO4S/c1-17-9-5-10(18-2)13(11(6-9)19-3)14(16)8-4-12(15)20-7-8/h4-7,14,16H,1-3H3. The zero-order valence-electron chi connectivity index (χ0n) is 11.3. The minimum Gasteiger partial charge on any atom is -0.496 e. The maximum Gasteiger partial charge on any atom is 0.132 e. The van der Waals surface area contributed by atoms with Crippen LogP contribution < -0.4 is 14.2 Å². The van der Waals surface area contributed by atoms with E-state index in [2.05, 4.69) is 22.6 Å². The lowest BCUT2D eigenvalue weighted by atomic mass is 10.0. The molecule has 1 aromatic heterocycles. The van der Waals surface area contributed by atoms with E-state index in [1.807, 2.05) is 11.4 Å². The number of rotatable bonds is 5. The summed E-state index contributed by atoms with van der Waals surface area (Å²) in [6.07, 6.45) is -0.800. The Labute approximate surface area is 135 Å². The van der Waals surface area contributed by atoms with E-state index in [-0.39, 0.29) is 0 Å². The number of thiophene rings is 1. The quantitative estimate of drug-likeness (QED) is 0.773. The zero-order valence-corrected chi connectivity index (χ0v) is 14.3. The zero-order chi connectivity index (χ0) is 14.7. The van der Waals surface area contributed by atoms with Gasteiger partial charge in [-0.2, -0.15) is 0 Å². The molecule has 1 unspecified atom stereocenters. The summed E-state index contributed by atoms with van der Waals surface area (Å²) >= 11 is 3.81. The fraction of sp³-hybridized carbons (Fsp3) is 0.286. The molecular weight excluding hydrogens is 391 g/mol. The van der Waals surface area contributed by atoms with Crippen LogP contribution in [0.2, 0.25) is 0 Å². The number of methoxy groups -OCH3 is 3. The van der Waals surface area contributed by atoms with E-state index in [1.165, 1.54) is 0 Å². The summed E-state index contributed by atoms with van der Waals surface area (Å²) in [6, 6.07) is 5.41. The van der Waals surface area contributed by atoms with E-state index in [4.69, 9.17) is 14.2 Å². The summed E-state index contributed by atoms with van der Waals surface area (Å²) in [5.74, 6) is 1.69. The van der Waals surface area contributed by atoms with Crippen LogP contribution in [-0.2, 0) is 0 Å². The maximum atomic E-state index is 10.6. The molecule has 108 valence electrons. The SMILES string of the molecule is COc1cc(OC)c(C(O)c2csc(I)c2)c(OC)c1. The molecule has 1 heterocycles. The first kappa shape index (κ1) is 15.4. The first-order valence-corrected chi connectivity index (χ1v) is 7.78. The maximum absolute atomic E-state index is 10.6. The molecule has 0 radical (unpaired) electrons. The molecule has 0 aliphatic carbocycles. The van der Waals surface area contributed by atoms with Gasteiger partial charge in [0.15, 0.2) is 0 Å². The summed E-state index contributed by atoms with van der Waals surface area (Å²) in [7, 11) is 4.69. The van der Waals surface area contributed by atoms with E-state index in [0.29, 0.717) is 22.8 Å². The third-order valence-corrected chi connectivity index (χ3v) is 4.74. The Morgan fingerprint density at radius 1 is 1.05 bits per heavy atom. The summed E-state index contributed by atoms with van der Waals surface area (Å²) < 4.78 is 17.0. The van der Waals surface area contributed by atoms with Gasteiger partial charge < -0.3 is 19.3 Å². The van der Waals surface area contributed by atoms with Crippen LogP contribution in [-0.4, -0.2) is 26.4 Å². The number of hydrogen-bond donors (Lipinski definition) is 1. The highest BCUT2D eigenvalue weighted by atomic mass is 127. The number of hydrogen-bond acceptors (Lipinski definition) is 5. The normalized spacial score (nSPS) is 12.1. The Bertz CT molecular complexity index is 572. The third kappa shape index (κ3) is 3.02. The predicted molar refractivity (Wildman–Crippen MR) is 87.2 cm³/mol. The van der Waals surface area contributed by atoms with Gasteiger partial charge in [0, 0.05) is 12.1 Å². The number of benzene rings is 1. The van der Waals surface area contributed by atoms with Crippen molar-refractivity contribution in [1.29, 1.82) is 0 Å². The van der Waals surface area contributed by atoms with Crippen molar-refractivity contribution in [1.82, 2.24) is 0 Å². The van der Waals surface area contributed by atoms with Crippen LogP contribution in [0.15, 0.2) is 23.6 Å². The molecule has 2 aromatic rings. The Kier molecular flexibility index (Phi) is 5.11. The number of halogens is 1. The molecule has 0 aliphatic rings. The Hall–Kier alpha value is -0.990. The van der Waals surface area contributed by atoms with E-state index in [9.17, 15) is 5.11 Å². The van der Waals surface area contributed by atoms with Crippen LogP contribution in [0.4, 0.5) is 0 Å². The molecule has 4 nitrogen and oxygen atoms in total. The molecule has 0 aliphatic heterocycles. The van der Waals surface area contributed by atoms with Gasteiger partial charge in [-0.05, 0) is 39.6 Å². The predicted octanol–water partition coefficient (Wildman–Crippen LogP) is 3.46. The van der Waals surface area contributed by atoms with Crippen molar-refractivity contribution >= 4 is 33.9 Å². The van der Waals surface area contributed by atoms with Crippen molar-refractivity contribution in [2.24, 2.45) is 0 Å². The van der Waals surface area contributed by atoms with E-state index in [0.717, 1.165) is 8.45 Å². The Balaban J connectivity index is 2.53. The molecule has 1 N–H and O–H groups in total. The van der Waals surface area contributed by atoms with Gasteiger partial charge in [0.25, 0.3) is 0 Å². The highest BCUT2D eigenvalue weighted by Crippen LogP contribution is 2.41. The van der Waals surface area contributed by atoms with Crippen molar-refractivity contribution in [2.75, 3.05) is 21.3 Å². The average Bonchev–Trinajstić information content (AvgIpc) is 2.91. The molecule has 1 aromatic carbocycles. The molecule has 20 heavy (non-hydrogen) atoms. The second-order valence-corrected chi connectivity index (χ2v) is 6.84. The molecule has 6 heteroatoms. The van der Waals surface area contributed by atoms with Crippen LogP contribution >= 0.6 is 33.9 Å². The lowest BCUT2D eigenvalue weighted by Gasteiger charge is -2.18. The van der Waals surface area contributed by atoms with Gasteiger partial charge in [-0.15, -0.1) is 11.3 Å². The van der Waals surface area contributed by atoms with Gasteiger partial charge in [-0.3, -0.25) is 0 Å². The number of ether oxygens (including phenoxy) is 3. The topological polar surface area (TPSA) is 47.9 Å². The van der Waals surface area contributed by atoms with Crippen LogP contribution in [0.5, 0.6) is 17.2 Å². The first-order chi connectivity index (χ1) is 9.60. The minimum absolute atomic E-state index is 0.537. The van der Waals surface area contributed by atoms with E-state index >= 15 is 0 Å². The lowest BCUT2D eigenvalue weighted by molar-refractivity contribution is 0.209. The minimum atomic E-state index is -0.800. The van der Waals surface area contributed by atoms with Crippen LogP contribution in [0, 0.1) is 2.88 Å². The van der Waals surface area contributed by atoms with E-state index in [1.54, 1.807) is 44.8 Å². The summed E-state index contributed by atoms with van der Waals surface area (Å²) in [6.45, 7) is 0. The van der Waals surface area contributed by atoms with Crippen LogP contribution in [0.3, 0.4) is 0 Å². The van der Waals surface area contributed by atoms with Gasteiger partial charge in [0.05, 0.1) is 29.8 Å². The average molecular weight is 406 g/mol. The molecule has 0 saturated heterocycles. The smallest absolute Gasteiger partial charge is 0.132 e. The van der Waals surface area contributed by atoms with Crippen molar-refractivity contribution in [3.63, 3.8) is 0 Å².